The predicted octanol–water partition coefficient (Wildman–Crippen LogP) is 4.17. The van der Waals surface area contributed by atoms with Gasteiger partial charge in [0.1, 0.15) is 5.75 Å². The summed E-state index contributed by atoms with van der Waals surface area (Å²) >= 11 is 11.9. The third-order valence-corrected chi connectivity index (χ3v) is 6.36. The Balaban J connectivity index is 1.50. The first-order chi connectivity index (χ1) is 15.6. The van der Waals surface area contributed by atoms with Gasteiger partial charge in [-0.25, -0.2) is 4.68 Å². The Labute approximate surface area is 198 Å². The second kappa shape index (κ2) is 10.5. The van der Waals surface area contributed by atoms with Crippen LogP contribution in [0.15, 0.2) is 48.5 Å². The summed E-state index contributed by atoms with van der Waals surface area (Å²) in [7, 11) is 3.41. The number of anilines is 1. The number of methoxy groups -OCH3 is 2. The quantitative estimate of drug-likeness (QED) is 0.458. The Hall–Kier alpha value is -2.39. The molecule has 0 unspecified atom stereocenters. The fraction of sp³-hybridized carbons (Fsp3) is 0.391. The summed E-state index contributed by atoms with van der Waals surface area (Å²) in [6, 6.07) is 15.9. The molecule has 0 N–H and O–H groups in total. The summed E-state index contributed by atoms with van der Waals surface area (Å²) in [5, 5.41) is 5.56. The van der Waals surface area contributed by atoms with E-state index in [0.29, 0.717) is 29.6 Å². The van der Waals surface area contributed by atoms with E-state index < -0.39 is 0 Å². The highest BCUT2D eigenvalue weighted by Crippen LogP contribution is 2.28. The SMILES string of the molecule is COCCn1c(-c2ccc(Cl)cc2)nn(CN2CCN(c3ccccc3OC)CC2)c1=S. The van der Waals surface area contributed by atoms with Crippen LogP contribution in [0.3, 0.4) is 0 Å². The monoisotopic (exact) mass is 473 g/mol. The van der Waals surface area contributed by atoms with Crippen LogP contribution in [0.4, 0.5) is 5.69 Å². The van der Waals surface area contributed by atoms with Crippen LogP contribution in [-0.2, 0) is 18.0 Å². The minimum atomic E-state index is 0.568. The van der Waals surface area contributed by atoms with E-state index >= 15 is 0 Å². The van der Waals surface area contributed by atoms with Gasteiger partial charge in [0.15, 0.2) is 10.6 Å². The Bertz CT molecular complexity index is 1090. The van der Waals surface area contributed by atoms with E-state index in [1.165, 1.54) is 0 Å². The zero-order valence-corrected chi connectivity index (χ0v) is 20.0. The van der Waals surface area contributed by atoms with Gasteiger partial charge in [-0.15, -0.1) is 0 Å². The van der Waals surface area contributed by atoms with E-state index in [4.69, 9.17) is 38.4 Å². The number of hydrogen-bond acceptors (Lipinski definition) is 6. The Morgan fingerprint density at radius 1 is 1.00 bits per heavy atom. The van der Waals surface area contributed by atoms with Gasteiger partial charge >= 0.3 is 0 Å². The van der Waals surface area contributed by atoms with Crippen molar-refractivity contribution in [1.29, 1.82) is 0 Å². The van der Waals surface area contributed by atoms with Crippen LogP contribution < -0.4 is 9.64 Å². The lowest BCUT2D eigenvalue weighted by molar-refractivity contribution is 0.183. The van der Waals surface area contributed by atoms with E-state index in [2.05, 4.69) is 21.9 Å². The van der Waals surface area contributed by atoms with Gasteiger partial charge in [-0.2, -0.15) is 5.10 Å². The first-order valence-corrected chi connectivity index (χ1v) is 11.4. The van der Waals surface area contributed by atoms with Crippen LogP contribution in [-0.4, -0.2) is 66.3 Å². The number of benzene rings is 2. The van der Waals surface area contributed by atoms with E-state index in [1.807, 2.05) is 45.6 Å². The largest absolute Gasteiger partial charge is 0.495 e. The van der Waals surface area contributed by atoms with Gasteiger partial charge in [-0.1, -0.05) is 23.7 Å². The average molecular weight is 474 g/mol. The number of rotatable bonds is 8. The molecule has 0 amide bonds. The lowest BCUT2D eigenvalue weighted by Gasteiger charge is -2.36. The summed E-state index contributed by atoms with van der Waals surface area (Å²) in [5.41, 5.74) is 2.12. The summed E-state index contributed by atoms with van der Waals surface area (Å²) in [4.78, 5) is 4.74. The maximum atomic E-state index is 6.07. The van der Waals surface area contributed by atoms with Crippen LogP contribution in [0.5, 0.6) is 5.75 Å². The number of piperazine rings is 1. The number of nitrogens with zero attached hydrogens (tertiary/aromatic N) is 5. The standard InChI is InChI=1S/C23H28ClN5O2S/c1-30-16-15-28-22(18-7-9-19(24)10-8-18)25-29(23(28)32)17-26-11-13-27(14-12-26)20-5-3-4-6-21(20)31-2/h3-10H,11-17H2,1-2H3. The summed E-state index contributed by atoms with van der Waals surface area (Å²) in [6.45, 7) is 5.54. The highest BCUT2D eigenvalue weighted by Gasteiger charge is 2.21. The minimum absolute atomic E-state index is 0.568. The van der Waals surface area contributed by atoms with Gasteiger partial charge in [0.05, 0.1) is 32.6 Å². The predicted molar refractivity (Wildman–Crippen MR) is 130 cm³/mol. The van der Waals surface area contributed by atoms with Crippen molar-refractivity contribution in [2.75, 3.05) is 51.9 Å². The van der Waals surface area contributed by atoms with Crippen LogP contribution >= 0.6 is 23.8 Å². The number of halogens is 1. The Morgan fingerprint density at radius 3 is 2.41 bits per heavy atom. The third-order valence-electron chi connectivity index (χ3n) is 5.68. The zero-order valence-electron chi connectivity index (χ0n) is 18.4. The molecule has 1 saturated heterocycles. The molecule has 9 heteroatoms. The van der Waals surface area contributed by atoms with Crippen molar-refractivity contribution in [1.82, 2.24) is 19.2 Å². The van der Waals surface area contributed by atoms with Gasteiger partial charge in [-0.3, -0.25) is 9.47 Å². The molecule has 0 atom stereocenters. The summed E-state index contributed by atoms with van der Waals surface area (Å²) < 4.78 is 15.5. The smallest absolute Gasteiger partial charge is 0.199 e. The molecule has 0 saturated carbocycles. The molecule has 1 aliphatic heterocycles. The van der Waals surface area contributed by atoms with Crippen molar-refractivity contribution in [3.8, 4) is 17.1 Å². The van der Waals surface area contributed by atoms with Gasteiger partial charge in [0.2, 0.25) is 0 Å². The molecule has 0 spiro atoms. The van der Waals surface area contributed by atoms with E-state index in [-0.39, 0.29) is 0 Å². The highest BCUT2D eigenvalue weighted by atomic mass is 35.5. The highest BCUT2D eigenvalue weighted by molar-refractivity contribution is 7.71. The molecule has 2 heterocycles. The molecule has 0 aliphatic carbocycles. The van der Waals surface area contributed by atoms with Crippen molar-refractivity contribution in [2.45, 2.75) is 13.2 Å². The van der Waals surface area contributed by atoms with Crippen LogP contribution in [0, 0.1) is 4.77 Å². The number of para-hydroxylation sites is 2. The number of aromatic nitrogens is 3. The Kier molecular flexibility index (Phi) is 7.47. The average Bonchev–Trinajstić information content (AvgIpc) is 3.13. The molecule has 32 heavy (non-hydrogen) atoms. The second-order valence-electron chi connectivity index (χ2n) is 7.68. The fourth-order valence-electron chi connectivity index (χ4n) is 3.94. The molecular formula is C23H28ClN5O2S. The maximum absolute atomic E-state index is 6.07. The normalized spacial score (nSPS) is 14.7. The fourth-order valence-corrected chi connectivity index (χ4v) is 4.34. The van der Waals surface area contributed by atoms with E-state index in [9.17, 15) is 0 Å². The van der Waals surface area contributed by atoms with Gasteiger partial charge < -0.3 is 14.4 Å². The van der Waals surface area contributed by atoms with Crippen molar-refractivity contribution in [2.24, 2.45) is 0 Å². The molecule has 4 rings (SSSR count). The molecule has 7 nitrogen and oxygen atoms in total. The van der Waals surface area contributed by atoms with Crippen molar-refractivity contribution < 1.29 is 9.47 Å². The maximum Gasteiger partial charge on any atom is 0.199 e. The number of hydrogen-bond donors (Lipinski definition) is 0. The lowest BCUT2D eigenvalue weighted by atomic mass is 10.2. The van der Waals surface area contributed by atoms with Gasteiger partial charge in [0, 0.05) is 43.9 Å². The van der Waals surface area contributed by atoms with Crippen molar-refractivity contribution in [3.63, 3.8) is 0 Å². The Morgan fingerprint density at radius 2 is 1.72 bits per heavy atom. The molecule has 0 bridgehead atoms. The van der Waals surface area contributed by atoms with Gasteiger partial charge in [-0.05, 0) is 48.6 Å². The molecule has 170 valence electrons. The van der Waals surface area contributed by atoms with Gasteiger partial charge in [0.25, 0.3) is 0 Å². The first-order valence-electron chi connectivity index (χ1n) is 10.6. The molecule has 2 aromatic carbocycles. The topological polar surface area (TPSA) is 47.7 Å². The summed E-state index contributed by atoms with van der Waals surface area (Å²) in [5.74, 6) is 1.74. The molecule has 1 fully saturated rings. The minimum Gasteiger partial charge on any atom is -0.495 e. The van der Waals surface area contributed by atoms with Crippen LogP contribution in [0.25, 0.3) is 11.4 Å². The molecular weight excluding hydrogens is 446 g/mol. The third kappa shape index (κ3) is 4.99. The first kappa shape index (κ1) is 22.8. The van der Waals surface area contributed by atoms with Crippen molar-refractivity contribution >= 4 is 29.5 Å². The van der Waals surface area contributed by atoms with E-state index in [1.54, 1.807) is 14.2 Å². The molecule has 3 aromatic rings. The van der Waals surface area contributed by atoms with Crippen molar-refractivity contribution in [3.05, 3.63) is 58.3 Å². The summed E-state index contributed by atoms with van der Waals surface area (Å²) in [6.07, 6.45) is 0. The molecule has 1 aliphatic rings. The van der Waals surface area contributed by atoms with Crippen LogP contribution in [0.1, 0.15) is 0 Å². The van der Waals surface area contributed by atoms with Crippen LogP contribution in [0.2, 0.25) is 5.02 Å². The molecule has 1 aromatic heterocycles. The molecule has 0 radical (unpaired) electrons. The van der Waals surface area contributed by atoms with E-state index in [0.717, 1.165) is 49.0 Å². The lowest BCUT2D eigenvalue weighted by Crippen LogP contribution is -2.47. The second-order valence-corrected chi connectivity index (χ2v) is 8.48. The zero-order chi connectivity index (χ0) is 22.5. The number of ether oxygens (including phenoxy) is 2.